The molecule has 1 saturated heterocycles. The van der Waals surface area contributed by atoms with Gasteiger partial charge in [-0.1, -0.05) is 24.3 Å². The fraction of sp³-hybridized carbons (Fsp3) is 0.364. The number of aryl methyl sites for hydroxylation is 2. The Balaban J connectivity index is 1.56. The second-order valence-electron chi connectivity index (χ2n) is 7.30. The van der Waals surface area contributed by atoms with Crippen LogP contribution in [0.5, 0.6) is 0 Å². The van der Waals surface area contributed by atoms with Crippen LogP contribution in [0.25, 0.3) is 10.9 Å². The molecule has 0 bridgehead atoms. The number of hydrogen-bond acceptors (Lipinski definition) is 4. The minimum atomic E-state index is -0.176. The number of nitrogens with one attached hydrogen (secondary N) is 1. The number of nitrogens with zero attached hydrogens (tertiary/aromatic N) is 3. The van der Waals surface area contributed by atoms with Crippen molar-refractivity contribution in [3.63, 3.8) is 0 Å². The first-order valence-electron chi connectivity index (χ1n) is 9.76. The number of hydrogen-bond donors (Lipinski definition) is 1. The molecule has 6 heteroatoms. The highest BCUT2D eigenvalue weighted by Gasteiger charge is 2.18. The van der Waals surface area contributed by atoms with Gasteiger partial charge in [-0.25, -0.2) is 0 Å². The van der Waals surface area contributed by atoms with Crippen LogP contribution in [-0.2, 0) is 11.3 Å². The largest absolute Gasteiger partial charge is 0.379 e. The quantitative estimate of drug-likeness (QED) is 0.740. The lowest BCUT2D eigenvalue weighted by molar-refractivity contribution is 0.0361. The van der Waals surface area contributed by atoms with Gasteiger partial charge in [0.2, 0.25) is 0 Å². The van der Waals surface area contributed by atoms with Gasteiger partial charge >= 0.3 is 0 Å². The van der Waals surface area contributed by atoms with Gasteiger partial charge in [0.1, 0.15) is 0 Å². The maximum Gasteiger partial charge on any atom is 0.276 e. The number of amides is 1. The monoisotopic (exact) mass is 378 g/mol. The molecular weight excluding hydrogens is 352 g/mol. The summed E-state index contributed by atoms with van der Waals surface area (Å²) < 4.78 is 7.36. The van der Waals surface area contributed by atoms with Crippen LogP contribution in [-0.4, -0.2) is 53.4 Å². The number of para-hydroxylation sites is 1. The first-order valence-corrected chi connectivity index (χ1v) is 9.76. The van der Waals surface area contributed by atoms with Crippen molar-refractivity contribution in [1.82, 2.24) is 14.7 Å². The van der Waals surface area contributed by atoms with Crippen LogP contribution in [0.1, 0.15) is 21.6 Å². The standard InChI is InChI=1S/C22H26N4O2/c1-16-7-8-18(15-17(16)2)23-22(27)21-19-5-3-4-6-20(19)26(24-21)10-9-25-11-13-28-14-12-25/h3-8,15H,9-14H2,1-2H3,(H,23,27). The lowest BCUT2D eigenvalue weighted by Crippen LogP contribution is -2.38. The Morgan fingerprint density at radius 2 is 1.86 bits per heavy atom. The Labute approximate surface area is 165 Å². The minimum Gasteiger partial charge on any atom is -0.379 e. The van der Waals surface area contributed by atoms with Crippen molar-refractivity contribution in [3.8, 4) is 0 Å². The summed E-state index contributed by atoms with van der Waals surface area (Å²) in [6.07, 6.45) is 0. The molecule has 6 nitrogen and oxygen atoms in total. The van der Waals surface area contributed by atoms with Crippen molar-refractivity contribution in [2.45, 2.75) is 20.4 Å². The number of aromatic nitrogens is 2. The molecule has 4 rings (SSSR count). The number of anilines is 1. The molecule has 0 spiro atoms. The Hall–Kier alpha value is -2.70. The van der Waals surface area contributed by atoms with Crippen LogP contribution in [0, 0.1) is 13.8 Å². The Morgan fingerprint density at radius 3 is 2.64 bits per heavy atom. The Kier molecular flexibility index (Phi) is 5.41. The highest BCUT2D eigenvalue weighted by molar-refractivity contribution is 6.11. The molecule has 0 atom stereocenters. The summed E-state index contributed by atoms with van der Waals surface area (Å²) >= 11 is 0. The SMILES string of the molecule is Cc1ccc(NC(=O)c2nn(CCN3CCOCC3)c3ccccc23)cc1C. The van der Waals surface area contributed by atoms with Crippen LogP contribution in [0.2, 0.25) is 0 Å². The zero-order valence-corrected chi connectivity index (χ0v) is 16.4. The van der Waals surface area contributed by atoms with Gasteiger partial charge in [-0.3, -0.25) is 14.4 Å². The third-order valence-electron chi connectivity index (χ3n) is 5.37. The second kappa shape index (κ2) is 8.12. The summed E-state index contributed by atoms with van der Waals surface area (Å²) in [6, 6.07) is 13.9. The zero-order chi connectivity index (χ0) is 19.5. The van der Waals surface area contributed by atoms with E-state index in [4.69, 9.17) is 4.74 Å². The van der Waals surface area contributed by atoms with E-state index in [2.05, 4.69) is 22.2 Å². The zero-order valence-electron chi connectivity index (χ0n) is 16.4. The van der Waals surface area contributed by atoms with Gasteiger partial charge < -0.3 is 10.1 Å². The van der Waals surface area contributed by atoms with Gasteiger partial charge in [-0.15, -0.1) is 0 Å². The molecule has 0 radical (unpaired) electrons. The molecule has 2 aromatic carbocycles. The first-order chi connectivity index (χ1) is 13.6. The predicted molar refractivity (Wildman–Crippen MR) is 111 cm³/mol. The van der Waals surface area contributed by atoms with Crippen molar-refractivity contribution < 1.29 is 9.53 Å². The fourth-order valence-electron chi connectivity index (χ4n) is 3.54. The lowest BCUT2D eigenvalue weighted by Gasteiger charge is -2.26. The molecule has 1 fully saturated rings. The van der Waals surface area contributed by atoms with Crippen molar-refractivity contribution in [1.29, 1.82) is 0 Å². The predicted octanol–water partition coefficient (Wildman–Crippen LogP) is 3.24. The van der Waals surface area contributed by atoms with Gasteiger partial charge in [0.05, 0.1) is 25.3 Å². The number of carbonyl (C=O) groups excluding carboxylic acids is 1. The van der Waals surface area contributed by atoms with Gasteiger partial charge in [0.25, 0.3) is 5.91 Å². The van der Waals surface area contributed by atoms with Gasteiger partial charge in [-0.05, 0) is 43.2 Å². The molecule has 0 aliphatic carbocycles. The minimum absolute atomic E-state index is 0.176. The number of ether oxygens (including phenoxy) is 1. The fourth-order valence-corrected chi connectivity index (χ4v) is 3.54. The van der Waals surface area contributed by atoms with E-state index in [-0.39, 0.29) is 5.91 Å². The van der Waals surface area contributed by atoms with E-state index in [1.165, 1.54) is 5.56 Å². The maximum absolute atomic E-state index is 12.9. The van der Waals surface area contributed by atoms with Crippen molar-refractivity contribution >= 4 is 22.5 Å². The summed E-state index contributed by atoms with van der Waals surface area (Å²) in [5, 5.41) is 8.53. The topological polar surface area (TPSA) is 59.4 Å². The van der Waals surface area contributed by atoms with E-state index in [9.17, 15) is 4.79 Å². The van der Waals surface area contributed by atoms with E-state index in [0.29, 0.717) is 5.69 Å². The van der Waals surface area contributed by atoms with Gasteiger partial charge in [0.15, 0.2) is 5.69 Å². The van der Waals surface area contributed by atoms with Crippen LogP contribution >= 0.6 is 0 Å². The number of rotatable bonds is 5. The average Bonchev–Trinajstić information content (AvgIpc) is 3.09. The highest BCUT2D eigenvalue weighted by Crippen LogP contribution is 2.21. The molecule has 1 N–H and O–H groups in total. The Morgan fingerprint density at radius 1 is 1.07 bits per heavy atom. The molecule has 3 aromatic rings. The summed E-state index contributed by atoms with van der Waals surface area (Å²) in [7, 11) is 0. The van der Waals surface area contributed by atoms with E-state index in [1.807, 2.05) is 54.1 Å². The van der Waals surface area contributed by atoms with Crippen LogP contribution < -0.4 is 5.32 Å². The third kappa shape index (κ3) is 3.93. The van der Waals surface area contributed by atoms with Gasteiger partial charge in [0, 0.05) is 30.7 Å². The number of morpholine rings is 1. The first kappa shape index (κ1) is 18.7. The summed E-state index contributed by atoms with van der Waals surface area (Å²) in [4.78, 5) is 15.3. The van der Waals surface area contributed by atoms with Crippen molar-refractivity contribution in [2.75, 3.05) is 38.2 Å². The van der Waals surface area contributed by atoms with Crippen LogP contribution in [0.4, 0.5) is 5.69 Å². The van der Waals surface area contributed by atoms with Crippen molar-refractivity contribution in [3.05, 3.63) is 59.3 Å². The van der Waals surface area contributed by atoms with E-state index in [0.717, 1.165) is 61.5 Å². The van der Waals surface area contributed by atoms with E-state index >= 15 is 0 Å². The molecule has 2 heterocycles. The smallest absolute Gasteiger partial charge is 0.276 e. The van der Waals surface area contributed by atoms with Crippen LogP contribution in [0.3, 0.4) is 0 Å². The Bertz CT molecular complexity index is 989. The normalized spacial score (nSPS) is 15.1. The second-order valence-corrected chi connectivity index (χ2v) is 7.30. The van der Waals surface area contributed by atoms with Crippen molar-refractivity contribution in [2.24, 2.45) is 0 Å². The summed E-state index contributed by atoms with van der Waals surface area (Å²) in [5.41, 5.74) is 4.60. The molecular formula is C22H26N4O2. The molecule has 1 aliphatic rings. The van der Waals surface area contributed by atoms with E-state index < -0.39 is 0 Å². The molecule has 0 saturated carbocycles. The van der Waals surface area contributed by atoms with E-state index in [1.54, 1.807) is 0 Å². The molecule has 146 valence electrons. The number of benzene rings is 2. The molecule has 1 aliphatic heterocycles. The maximum atomic E-state index is 12.9. The van der Waals surface area contributed by atoms with Gasteiger partial charge in [-0.2, -0.15) is 5.10 Å². The summed E-state index contributed by atoms with van der Waals surface area (Å²) in [5.74, 6) is -0.176. The molecule has 1 amide bonds. The molecule has 0 unspecified atom stereocenters. The summed E-state index contributed by atoms with van der Waals surface area (Å²) in [6.45, 7) is 9.20. The molecule has 1 aromatic heterocycles. The average molecular weight is 378 g/mol. The van der Waals surface area contributed by atoms with Crippen LogP contribution in [0.15, 0.2) is 42.5 Å². The lowest BCUT2D eigenvalue weighted by atomic mass is 10.1. The number of fused-ring (bicyclic) bond motifs is 1. The number of carbonyl (C=O) groups is 1. The molecule has 28 heavy (non-hydrogen) atoms. The third-order valence-corrected chi connectivity index (χ3v) is 5.37. The highest BCUT2D eigenvalue weighted by atomic mass is 16.5.